The first-order valence-corrected chi connectivity index (χ1v) is 9.43. The molecule has 0 bridgehead atoms. The zero-order chi connectivity index (χ0) is 19.0. The molecule has 0 spiro atoms. The predicted octanol–water partition coefficient (Wildman–Crippen LogP) is 2.04. The number of rotatable bonds is 8. The standard InChI is InChI=1S/C18H19NO6S/c1-24-15-7-5-6-14(12-15)19-17(20)13-25-18(21)10-11-26(22,23)16-8-3-2-4-9-16/h2-9,12H,10-11,13H2,1H3,(H,19,20). The van der Waals surface area contributed by atoms with E-state index < -0.39 is 28.3 Å². The van der Waals surface area contributed by atoms with Crippen LogP contribution in [0, 0.1) is 0 Å². The van der Waals surface area contributed by atoms with Crippen LogP contribution >= 0.6 is 0 Å². The van der Waals surface area contributed by atoms with Crippen molar-refractivity contribution < 1.29 is 27.5 Å². The molecule has 2 rings (SSSR count). The van der Waals surface area contributed by atoms with E-state index in [1.807, 2.05) is 0 Å². The number of hydrogen-bond donors (Lipinski definition) is 1. The van der Waals surface area contributed by atoms with Crippen LogP contribution < -0.4 is 10.1 Å². The summed E-state index contributed by atoms with van der Waals surface area (Å²) < 4.78 is 34.0. The minimum atomic E-state index is -3.57. The first-order chi connectivity index (χ1) is 12.4. The smallest absolute Gasteiger partial charge is 0.307 e. The topological polar surface area (TPSA) is 98.8 Å². The number of amides is 1. The summed E-state index contributed by atoms with van der Waals surface area (Å²) in [5.74, 6) is -1.10. The number of carbonyl (C=O) groups excluding carboxylic acids is 2. The zero-order valence-corrected chi connectivity index (χ0v) is 15.0. The van der Waals surface area contributed by atoms with E-state index in [0.29, 0.717) is 11.4 Å². The van der Waals surface area contributed by atoms with Crippen molar-refractivity contribution in [3.05, 3.63) is 54.6 Å². The van der Waals surface area contributed by atoms with Gasteiger partial charge in [-0.1, -0.05) is 24.3 Å². The molecule has 0 aliphatic heterocycles. The Morgan fingerprint density at radius 1 is 1.04 bits per heavy atom. The van der Waals surface area contributed by atoms with E-state index >= 15 is 0 Å². The fourth-order valence-electron chi connectivity index (χ4n) is 2.08. The van der Waals surface area contributed by atoms with E-state index in [0.717, 1.165) is 0 Å². The van der Waals surface area contributed by atoms with Gasteiger partial charge in [-0.05, 0) is 24.3 Å². The third-order valence-electron chi connectivity index (χ3n) is 3.39. The lowest BCUT2D eigenvalue weighted by atomic mass is 10.3. The van der Waals surface area contributed by atoms with Crippen LogP contribution in [0.4, 0.5) is 5.69 Å². The summed E-state index contributed by atoms with van der Waals surface area (Å²) in [5.41, 5.74) is 0.497. The van der Waals surface area contributed by atoms with E-state index in [1.165, 1.54) is 19.2 Å². The quantitative estimate of drug-likeness (QED) is 0.707. The summed E-state index contributed by atoms with van der Waals surface area (Å²) in [4.78, 5) is 23.6. The first kappa shape index (κ1) is 19.5. The van der Waals surface area contributed by atoms with Crippen LogP contribution in [0.3, 0.4) is 0 Å². The van der Waals surface area contributed by atoms with Crippen LogP contribution in [0.15, 0.2) is 59.5 Å². The van der Waals surface area contributed by atoms with Gasteiger partial charge in [0, 0.05) is 11.8 Å². The maximum atomic E-state index is 12.1. The molecule has 1 amide bonds. The lowest BCUT2D eigenvalue weighted by Gasteiger charge is -2.08. The number of carbonyl (C=O) groups is 2. The average molecular weight is 377 g/mol. The molecule has 0 fully saturated rings. The molecule has 2 aromatic carbocycles. The molecule has 138 valence electrons. The van der Waals surface area contributed by atoms with Crippen molar-refractivity contribution in [3.63, 3.8) is 0 Å². The Bertz CT molecular complexity index is 864. The second-order valence-corrected chi connectivity index (χ2v) is 7.43. The molecular weight excluding hydrogens is 358 g/mol. The molecule has 0 atom stereocenters. The number of sulfone groups is 1. The van der Waals surface area contributed by atoms with Crippen molar-refractivity contribution in [1.29, 1.82) is 0 Å². The van der Waals surface area contributed by atoms with Gasteiger partial charge in [-0.15, -0.1) is 0 Å². The summed E-state index contributed by atoms with van der Waals surface area (Å²) in [6.07, 6.45) is -0.330. The summed E-state index contributed by atoms with van der Waals surface area (Å²) in [6, 6.07) is 14.5. The van der Waals surface area contributed by atoms with Gasteiger partial charge in [0.25, 0.3) is 5.91 Å². The van der Waals surface area contributed by atoms with Crippen molar-refractivity contribution in [2.45, 2.75) is 11.3 Å². The minimum Gasteiger partial charge on any atom is -0.497 e. The number of ether oxygens (including phenoxy) is 2. The van der Waals surface area contributed by atoms with Gasteiger partial charge < -0.3 is 14.8 Å². The van der Waals surface area contributed by atoms with Crippen LogP contribution in [-0.2, 0) is 24.2 Å². The van der Waals surface area contributed by atoms with E-state index in [9.17, 15) is 18.0 Å². The predicted molar refractivity (Wildman–Crippen MR) is 95.7 cm³/mol. The molecule has 0 aliphatic rings. The maximum absolute atomic E-state index is 12.1. The Balaban J connectivity index is 1.78. The Labute approximate surface area is 151 Å². The molecule has 0 aromatic heterocycles. The largest absolute Gasteiger partial charge is 0.497 e. The molecule has 1 N–H and O–H groups in total. The van der Waals surface area contributed by atoms with Gasteiger partial charge in [-0.3, -0.25) is 9.59 Å². The van der Waals surface area contributed by atoms with Gasteiger partial charge in [0.05, 0.1) is 24.2 Å². The minimum absolute atomic E-state index is 0.142. The Morgan fingerprint density at radius 3 is 2.46 bits per heavy atom. The molecule has 0 saturated heterocycles. The SMILES string of the molecule is COc1cccc(NC(=O)COC(=O)CCS(=O)(=O)c2ccccc2)c1. The highest BCUT2D eigenvalue weighted by Gasteiger charge is 2.17. The summed E-state index contributed by atoms with van der Waals surface area (Å²) in [7, 11) is -2.06. The van der Waals surface area contributed by atoms with Crippen LogP contribution in [0.2, 0.25) is 0 Å². The van der Waals surface area contributed by atoms with Gasteiger partial charge >= 0.3 is 5.97 Å². The zero-order valence-electron chi connectivity index (χ0n) is 14.2. The molecular formula is C18H19NO6S. The normalized spacial score (nSPS) is 10.8. The van der Waals surface area contributed by atoms with Crippen LogP contribution in [0.1, 0.15) is 6.42 Å². The Morgan fingerprint density at radius 2 is 1.77 bits per heavy atom. The molecule has 0 aliphatic carbocycles. The van der Waals surface area contributed by atoms with Crippen molar-refractivity contribution in [2.24, 2.45) is 0 Å². The van der Waals surface area contributed by atoms with Crippen LogP contribution in [0.5, 0.6) is 5.75 Å². The molecule has 0 saturated carbocycles. The highest BCUT2D eigenvalue weighted by atomic mass is 32.2. The van der Waals surface area contributed by atoms with E-state index in [1.54, 1.807) is 42.5 Å². The first-order valence-electron chi connectivity index (χ1n) is 7.78. The highest BCUT2D eigenvalue weighted by molar-refractivity contribution is 7.91. The molecule has 2 aromatic rings. The van der Waals surface area contributed by atoms with Crippen LogP contribution in [0.25, 0.3) is 0 Å². The fourth-order valence-corrected chi connectivity index (χ4v) is 3.32. The molecule has 0 heterocycles. The number of benzene rings is 2. The van der Waals surface area contributed by atoms with Crippen LogP contribution in [-0.4, -0.2) is 39.8 Å². The number of hydrogen-bond acceptors (Lipinski definition) is 6. The van der Waals surface area contributed by atoms with Crippen molar-refractivity contribution in [3.8, 4) is 5.75 Å². The molecule has 0 radical (unpaired) electrons. The van der Waals surface area contributed by atoms with E-state index in [4.69, 9.17) is 9.47 Å². The van der Waals surface area contributed by atoms with Crippen molar-refractivity contribution >= 4 is 27.4 Å². The number of methoxy groups -OCH3 is 1. The van der Waals surface area contributed by atoms with Crippen molar-refractivity contribution in [2.75, 3.05) is 24.8 Å². The summed E-state index contributed by atoms with van der Waals surface area (Å²) in [6.45, 7) is -0.499. The second kappa shape index (κ2) is 9.00. The molecule has 0 unspecified atom stereocenters. The van der Waals surface area contributed by atoms with Gasteiger partial charge in [-0.2, -0.15) is 0 Å². The maximum Gasteiger partial charge on any atom is 0.307 e. The lowest BCUT2D eigenvalue weighted by Crippen LogP contribution is -2.22. The monoisotopic (exact) mass is 377 g/mol. The Hall–Kier alpha value is -2.87. The number of anilines is 1. The van der Waals surface area contributed by atoms with Gasteiger partial charge in [0.2, 0.25) is 0 Å². The molecule has 26 heavy (non-hydrogen) atoms. The van der Waals surface area contributed by atoms with Gasteiger partial charge in [-0.25, -0.2) is 8.42 Å². The van der Waals surface area contributed by atoms with E-state index in [-0.39, 0.29) is 17.1 Å². The van der Waals surface area contributed by atoms with Gasteiger partial charge in [0.1, 0.15) is 5.75 Å². The molecule has 7 nitrogen and oxygen atoms in total. The average Bonchev–Trinajstić information content (AvgIpc) is 2.65. The molecule has 8 heteroatoms. The fraction of sp³-hybridized carbons (Fsp3) is 0.222. The lowest BCUT2D eigenvalue weighted by molar-refractivity contribution is -0.146. The number of esters is 1. The third kappa shape index (κ3) is 5.89. The van der Waals surface area contributed by atoms with E-state index in [2.05, 4.69) is 5.32 Å². The summed E-state index contributed by atoms with van der Waals surface area (Å²) in [5, 5.41) is 2.56. The summed E-state index contributed by atoms with van der Waals surface area (Å²) >= 11 is 0. The third-order valence-corrected chi connectivity index (χ3v) is 5.13. The number of nitrogens with one attached hydrogen (secondary N) is 1. The Kier molecular flexibility index (Phi) is 6.74. The second-order valence-electron chi connectivity index (χ2n) is 5.32. The van der Waals surface area contributed by atoms with Crippen molar-refractivity contribution in [1.82, 2.24) is 0 Å². The highest BCUT2D eigenvalue weighted by Crippen LogP contribution is 2.16. The van der Waals surface area contributed by atoms with Gasteiger partial charge in [0.15, 0.2) is 16.4 Å².